The van der Waals surface area contributed by atoms with Crippen LogP contribution >= 0.6 is 0 Å². The molecule has 1 N–H and O–H groups in total. The van der Waals surface area contributed by atoms with Crippen LogP contribution in [0.25, 0.3) is 0 Å². The van der Waals surface area contributed by atoms with Gasteiger partial charge in [-0.15, -0.1) is 0 Å². The molecule has 0 aliphatic carbocycles. The van der Waals surface area contributed by atoms with Gasteiger partial charge < -0.3 is 35.7 Å². The molecule has 1 unspecified atom stereocenters. The van der Waals surface area contributed by atoms with Crippen molar-refractivity contribution < 1.29 is 49.9 Å². The van der Waals surface area contributed by atoms with Crippen molar-refractivity contribution in [3.05, 3.63) is 66.6 Å². The first kappa shape index (κ1) is 25.6. The van der Waals surface area contributed by atoms with Gasteiger partial charge in [0.25, 0.3) is 0 Å². The molecule has 0 aromatic heterocycles. The summed E-state index contributed by atoms with van der Waals surface area (Å²) >= 11 is 0. The SMILES string of the molecule is [CH2-]C(O)COc1ccc(Cc2ccc(OCCOCOCCOC)cc2)cc1.[W]. The van der Waals surface area contributed by atoms with Gasteiger partial charge in [-0.25, -0.2) is 0 Å². The fourth-order valence-corrected chi connectivity index (χ4v) is 2.37. The number of aliphatic hydroxyl groups excluding tert-OH is 1. The van der Waals surface area contributed by atoms with Gasteiger partial charge >= 0.3 is 0 Å². The quantitative estimate of drug-likeness (QED) is 0.213. The Morgan fingerprint density at radius 3 is 1.83 bits per heavy atom. The van der Waals surface area contributed by atoms with Gasteiger partial charge in [-0.05, 0) is 47.9 Å². The van der Waals surface area contributed by atoms with E-state index in [0.717, 1.165) is 17.9 Å². The van der Waals surface area contributed by atoms with Gasteiger partial charge in [0.15, 0.2) is 0 Å². The Morgan fingerprint density at radius 1 is 0.793 bits per heavy atom. The second kappa shape index (κ2) is 15.4. The maximum Gasteiger partial charge on any atom is 0.146 e. The van der Waals surface area contributed by atoms with Crippen LogP contribution in [0, 0.1) is 6.92 Å². The van der Waals surface area contributed by atoms with Gasteiger partial charge in [0.2, 0.25) is 0 Å². The standard InChI is InChI=1S/C22H29O6.W/c1-18(23)16-28-22-9-5-20(6-10-22)15-19-3-7-21(8-4-19)27-14-13-26-17-25-12-11-24-2;/h3-10,18,23H,1,11-17H2,2H3;/q-1;. The van der Waals surface area contributed by atoms with E-state index in [1.165, 1.54) is 11.1 Å². The minimum Gasteiger partial charge on any atom is -0.494 e. The zero-order valence-corrected chi connectivity index (χ0v) is 19.7. The predicted molar refractivity (Wildman–Crippen MR) is 107 cm³/mol. The number of rotatable bonds is 14. The molecule has 0 bridgehead atoms. The molecule has 0 heterocycles. The number of hydrogen-bond acceptors (Lipinski definition) is 6. The first-order valence-electron chi connectivity index (χ1n) is 9.26. The Labute approximate surface area is 187 Å². The van der Waals surface area contributed by atoms with Crippen LogP contribution in [0.2, 0.25) is 0 Å². The van der Waals surface area contributed by atoms with Gasteiger partial charge in [-0.2, -0.15) is 0 Å². The fourth-order valence-electron chi connectivity index (χ4n) is 2.37. The average Bonchev–Trinajstić information content (AvgIpc) is 2.70. The molecule has 2 aromatic rings. The van der Waals surface area contributed by atoms with Crippen LogP contribution in [0.15, 0.2) is 48.5 Å². The molecule has 0 aliphatic rings. The zero-order chi connectivity index (χ0) is 20.0. The van der Waals surface area contributed by atoms with Crippen LogP contribution in [0.1, 0.15) is 11.1 Å². The smallest absolute Gasteiger partial charge is 0.146 e. The predicted octanol–water partition coefficient (Wildman–Crippen LogP) is 2.86. The maximum absolute atomic E-state index is 9.14. The summed E-state index contributed by atoms with van der Waals surface area (Å²) in [6.07, 6.45) is 0.0988. The molecule has 0 saturated carbocycles. The molecule has 0 amide bonds. The largest absolute Gasteiger partial charge is 0.494 e. The summed E-state index contributed by atoms with van der Waals surface area (Å²) in [7, 11) is 1.63. The van der Waals surface area contributed by atoms with Crippen LogP contribution in [-0.2, 0) is 41.7 Å². The van der Waals surface area contributed by atoms with Gasteiger partial charge in [-0.3, -0.25) is 0 Å². The van der Waals surface area contributed by atoms with Crippen LogP contribution in [-0.4, -0.2) is 58.1 Å². The van der Waals surface area contributed by atoms with E-state index in [9.17, 15) is 0 Å². The van der Waals surface area contributed by atoms with E-state index in [-0.39, 0.29) is 34.5 Å². The fraction of sp³-hybridized carbons (Fsp3) is 0.409. The van der Waals surface area contributed by atoms with Crippen molar-refractivity contribution in [2.24, 2.45) is 0 Å². The van der Waals surface area contributed by atoms with Crippen molar-refractivity contribution in [3.8, 4) is 11.5 Å². The molecule has 0 spiro atoms. The monoisotopic (exact) mass is 573 g/mol. The molecule has 7 heteroatoms. The number of methoxy groups -OCH3 is 1. The summed E-state index contributed by atoms with van der Waals surface area (Å²) in [6, 6.07) is 15.8. The number of hydrogen-bond donors (Lipinski definition) is 1. The zero-order valence-electron chi connectivity index (χ0n) is 16.7. The first-order chi connectivity index (χ1) is 13.7. The third kappa shape index (κ3) is 11.4. The normalized spacial score (nSPS) is 11.6. The second-order valence-corrected chi connectivity index (χ2v) is 6.21. The Balaban J connectivity index is 0.00000420. The van der Waals surface area contributed by atoms with Gasteiger partial charge in [0.05, 0.1) is 26.4 Å². The summed E-state index contributed by atoms with van der Waals surface area (Å²) in [5.41, 5.74) is 2.37. The minimum absolute atomic E-state index is 0. The Bertz CT molecular complexity index is 645. The van der Waals surface area contributed by atoms with Gasteiger partial charge in [0.1, 0.15) is 24.9 Å². The van der Waals surface area contributed by atoms with E-state index in [1.54, 1.807) is 7.11 Å². The van der Waals surface area contributed by atoms with E-state index in [2.05, 4.69) is 6.92 Å². The van der Waals surface area contributed by atoms with Gasteiger partial charge in [0, 0.05) is 28.2 Å². The number of aliphatic hydroxyl groups is 1. The van der Waals surface area contributed by atoms with E-state index in [0.29, 0.717) is 26.4 Å². The molecule has 160 valence electrons. The summed E-state index contributed by atoms with van der Waals surface area (Å²) < 4.78 is 26.5. The summed E-state index contributed by atoms with van der Waals surface area (Å²) in [4.78, 5) is 0. The van der Waals surface area contributed by atoms with E-state index >= 15 is 0 Å². The van der Waals surface area contributed by atoms with Crippen LogP contribution in [0.4, 0.5) is 0 Å². The number of benzene rings is 2. The van der Waals surface area contributed by atoms with Crippen LogP contribution < -0.4 is 9.47 Å². The second-order valence-electron chi connectivity index (χ2n) is 6.21. The third-order valence-electron chi connectivity index (χ3n) is 3.79. The van der Waals surface area contributed by atoms with Crippen molar-refractivity contribution in [1.29, 1.82) is 0 Å². The average molecular weight is 573 g/mol. The molecule has 2 rings (SSSR count). The molecule has 29 heavy (non-hydrogen) atoms. The summed E-state index contributed by atoms with van der Waals surface area (Å²) in [5, 5.41) is 9.14. The maximum atomic E-state index is 9.14. The topological polar surface area (TPSA) is 66.4 Å². The first-order valence-corrected chi connectivity index (χ1v) is 9.26. The summed E-state index contributed by atoms with van der Waals surface area (Å²) in [6.45, 7) is 5.92. The molecule has 0 saturated heterocycles. The minimum atomic E-state index is -0.721. The molecular weight excluding hydrogens is 544 g/mol. The van der Waals surface area contributed by atoms with Crippen molar-refractivity contribution >= 4 is 0 Å². The molecule has 0 radical (unpaired) electrons. The van der Waals surface area contributed by atoms with Crippen LogP contribution in [0.5, 0.6) is 11.5 Å². The Morgan fingerprint density at radius 2 is 1.31 bits per heavy atom. The Hall–Kier alpha value is -1.43. The molecule has 6 nitrogen and oxygen atoms in total. The number of ether oxygens (including phenoxy) is 5. The molecule has 1 atom stereocenters. The van der Waals surface area contributed by atoms with E-state index in [4.69, 9.17) is 28.8 Å². The van der Waals surface area contributed by atoms with E-state index < -0.39 is 6.10 Å². The molecular formula is C22H29O6W-. The van der Waals surface area contributed by atoms with Crippen LogP contribution in [0.3, 0.4) is 0 Å². The molecule has 0 aliphatic heterocycles. The van der Waals surface area contributed by atoms with Gasteiger partial charge in [-0.1, -0.05) is 24.3 Å². The van der Waals surface area contributed by atoms with Crippen molar-refractivity contribution in [2.45, 2.75) is 12.5 Å². The van der Waals surface area contributed by atoms with Crippen molar-refractivity contribution in [2.75, 3.05) is 46.9 Å². The van der Waals surface area contributed by atoms with E-state index in [1.807, 2.05) is 48.5 Å². The Kier molecular flexibility index (Phi) is 13.6. The summed E-state index contributed by atoms with van der Waals surface area (Å²) in [5.74, 6) is 1.53. The van der Waals surface area contributed by atoms with Crippen molar-refractivity contribution in [1.82, 2.24) is 0 Å². The molecule has 0 fully saturated rings. The third-order valence-corrected chi connectivity index (χ3v) is 3.79. The van der Waals surface area contributed by atoms with Crippen molar-refractivity contribution in [3.63, 3.8) is 0 Å². The molecule has 2 aromatic carbocycles.